The summed E-state index contributed by atoms with van der Waals surface area (Å²) in [4.78, 5) is 13.6. The van der Waals surface area contributed by atoms with Crippen LogP contribution >= 0.6 is 0 Å². The van der Waals surface area contributed by atoms with Crippen LogP contribution in [0.5, 0.6) is 0 Å². The van der Waals surface area contributed by atoms with E-state index in [2.05, 4.69) is 5.10 Å². The van der Waals surface area contributed by atoms with Gasteiger partial charge in [-0.1, -0.05) is 0 Å². The largest absolute Gasteiger partial charge is 0.395 e. The van der Waals surface area contributed by atoms with E-state index in [1.807, 2.05) is 13.8 Å². The molecule has 0 aliphatic heterocycles. The number of aromatic nitrogens is 2. The first kappa shape index (κ1) is 13.7. The van der Waals surface area contributed by atoms with Crippen LogP contribution in [0.2, 0.25) is 0 Å². The molecule has 0 aliphatic rings. The number of hydrogen-bond donors (Lipinski definition) is 2. The maximum Gasteiger partial charge on any atom is 0.272 e. The van der Waals surface area contributed by atoms with Crippen molar-refractivity contribution in [3.63, 3.8) is 0 Å². The van der Waals surface area contributed by atoms with E-state index in [4.69, 9.17) is 10.2 Å². The first-order chi connectivity index (χ1) is 8.13. The van der Waals surface area contributed by atoms with Crippen molar-refractivity contribution in [2.24, 2.45) is 0 Å². The Labute approximate surface area is 100 Å². The van der Waals surface area contributed by atoms with Crippen LogP contribution in [-0.2, 0) is 6.54 Å². The minimum atomic E-state index is -0.212. The van der Waals surface area contributed by atoms with Crippen molar-refractivity contribution in [3.05, 3.63) is 17.5 Å². The predicted octanol–water partition coefficient (Wildman–Crippen LogP) is -0.362. The minimum Gasteiger partial charge on any atom is -0.395 e. The molecule has 6 nitrogen and oxygen atoms in total. The van der Waals surface area contributed by atoms with Gasteiger partial charge in [0.05, 0.1) is 18.9 Å². The number of aryl methyl sites for hydroxylation is 2. The molecular weight excluding hydrogens is 222 g/mol. The van der Waals surface area contributed by atoms with Gasteiger partial charge < -0.3 is 15.1 Å². The summed E-state index contributed by atoms with van der Waals surface area (Å²) < 4.78 is 1.62. The number of nitrogens with zero attached hydrogens (tertiary/aromatic N) is 3. The standard InChI is InChI=1S/C11H19N3O3/c1-3-14-10(8-9(2)12-14)11(17)13(4-6-15)5-7-16/h8,15-16H,3-7H2,1-2H3. The molecule has 96 valence electrons. The molecule has 17 heavy (non-hydrogen) atoms. The fourth-order valence-corrected chi connectivity index (χ4v) is 1.68. The van der Waals surface area contributed by atoms with Crippen molar-refractivity contribution >= 4 is 5.91 Å². The first-order valence-electron chi connectivity index (χ1n) is 5.69. The second-order valence-corrected chi connectivity index (χ2v) is 3.73. The third-order valence-electron chi connectivity index (χ3n) is 2.45. The molecule has 0 aliphatic carbocycles. The monoisotopic (exact) mass is 241 g/mol. The number of carbonyl (C=O) groups excluding carboxylic acids is 1. The fraction of sp³-hybridized carbons (Fsp3) is 0.636. The van der Waals surface area contributed by atoms with Gasteiger partial charge in [0.1, 0.15) is 5.69 Å². The van der Waals surface area contributed by atoms with Crippen molar-refractivity contribution in [1.82, 2.24) is 14.7 Å². The van der Waals surface area contributed by atoms with Gasteiger partial charge in [0.2, 0.25) is 0 Å². The van der Waals surface area contributed by atoms with Gasteiger partial charge in [-0.3, -0.25) is 9.48 Å². The SMILES string of the molecule is CCn1nc(C)cc1C(=O)N(CCO)CCO. The van der Waals surface area contributed by atoms with Gasteiger partial charge in [0.15, 0.2) is 0 Å². The molecule has 1 amide bonds. The van der Waals surface area contributed by atoms with E-state index >= 15 is 0 Å². The van der Waals surface area contributed by atoms with Crippen molar-refractivity contribution in [1.29, 1.82) is 0 Å². The van der Waals surface area contributed by atoms with Gasteiger partial charge in [0, 0.05) is 19.6 Å². The Morgan fingerprint density at radius 2 is 2.00 bits per heavy atom. The molecule has 0 radical (unpaired) electrons. The number of aliphatic hydroxyl groups excluding tert-OH is 2. The summed E-state index contributed by atoms with van der Waals surface area (Å²) in [6.07, 6.45) is 0. The lowest BCUT2D eigenvalue weighted by Gasteiger charge is -2.20. The van der Waals surface area contributed by atoms with Gasteiger partial charge in [-0.25, -0.2) is 0 Å². The number of aliphatic hydroxyl groups is 2. The highest BCUT2D eigenvalue weighted by atomic mass is 16.3. The Morgan fingerprint density at radius 3 is 2.47 bits per heavy atom. The summed E-state index contributed by atoms with van der Waals surface area (Å²) in [7, 11) is 0. The lowest BCUT2D eigenvalue weighted by molar-refractivity contribution is 0.0672. The van der Waals surface area contributed by atoms with E-state index in [1.54, 1.807) is 10.7 Å². The van der Waals surface area contributed by atoms with Crippen LogP contribution in [-0.4, -0.2) is 57.1 Å². The maximum atomic E-state index is 12.2. The number of carbonyl (C=O) groups is 1. The molecular formula is C11H19N3O3. The third kappa shape index (κ3) is 3.28. The molecule has 0 saturated heterocycles. The molecule has 0 aromatic carbocycles. The molecule has 0 atom stereocenters. The summed E-state index contributed by atoms with van der Waals surface area (Å²) in [5, 5.41) is 22.0. The quantitative estimate of drug-likeness (QED) is 0.713. The lowest BCUT2D eigenvalue weighted by atomic mass is 10.3. The van der Waals surface area contributed by atoms with Crippen LogP contribution < -0.4 is 0 Å². The van der Waals surface area contributed by atoms with Crippen LogP contribution in [0.3, 0.4) is 0 Å². The highest BCUT2D eigenvalue weighted by molar-refractivity contribution is 5.92. The average Bonchev–Trinajstić information content (AvgIpc) is 2.69. The molecule has 1 rings (SSSR count). The van der Waals surface area contributed by atoms with Crippen molar-refractivity contribution in [2.45, 2.75) is 20.4 Å². The normalized spacial score (nSPS) is 10.6. The van der Waals surface area contributed by atoms with Crippen molar-refractivity contribution in [3.8, 4) is 0 Å². The van der Waals surface area contributed by atoms with Crippen LogP contribution in [0.1, 0.15) is 23.1 Å². The van der Waals surface area contributed by atoms with E-state index in [1.165, 1.54) is 4.90 Å². The zero-order chi connectivity index (χ0) is 12.8. The molecule has 0 saturated carbocycles. The van der Waals surface area contributed by atoms with Crippen LogP contribution in [0.25, 0.3) is 0 Å². The van der Waals surface area contributed by atoms with Gasteiger partial charge >= 0.3 is 0 Å². The summed E-state index contributed by atoms with van der Waals surface area (Å²) in [5.74, 6) is -0.212. The Morgan fingerprint density at radius 1 is 1.41 bits per heavy atom. The van der Waals surface area contributed by atoms with E-state index in [0.29, 0.717) is 12.2 Å². The van der Waals surface area contributed by atoms with Gasteiger partial charge in [-0.15, -0.1) is 0 Å². The smallest absolute Gasteiger partial charge is 0.272 e. The Bertz CT molecular complexity index is 370. The first-order valence-corrected chi connectivity index (χ1v) is 5.69. The van der Waals surface area contributed by atoms with Gasteiger partial charge in [-0.2, -0.15) is 5.10 Å². The molecule has 1 aromatic rings. The number of hydrogen-bond acceptors (Lipinski definition) is 4. The lowest BCUT2D eigenvalue weighted by Crippen LogP contribution is -2.37. The Kier molecular flexibility index (Phi) is 5.11. The molecule has 0 fully saturated rings. The van der Waals surface area contributed by atoms with E-state index in [0.717, 1.165) is 5.69 Å². The summed E-state index contributed by atoms with van der Waals surface area (Å²) in [5.41, 5.74) is 1.27. The molecule has 0 unspecified atom stereocenters. The van der Waals surface area contributed by atoms with Crippen LogP contribution in [0, 0.1) is 6.92 Å². The summed E-state index contributed by atoms with van der Waals surface area (Å²) in [6, 6.07) is 1.72. The highest BCUT2D eigenvalue weighted by Gasteiger charge is 2.19. The van der Waals surface area contributed by atoms with Crippen LogP contribution in [0.4, 0.5) is 0 Å². The van der Waals surface area contributed by atoms with E-state index in [9.17, 15) is 4.79 Å². The topological polar surface area (TPSA) is 78.6 Å². The summed E-state index contributed by atoms with van der Waals surface area (Å²) >= 11 is 0. The average molecular weight is 241 g/mol. The van der Waals surface area contributed by atoms with Gasteiger partial charge in [-0.05, 0) is 19.9 Å². The second kappa shape index (κ2) is 6.36. The Balaban J connectivity index is 2.91. The Hall–Kier alpha value is -1.40. The molecule has 1 aromatic heterocycles. The van der Waals surface area contributed by atoms with Crippen LogP contribution in [0.15, 0.2) is 6.07 Å². The van der Waals surface area contributed by atoms with E-state index in [-0.39, 0.29) is 32.2 Å². The fourth-order valence-electron chi connectivity index (χ4n) is 1.68. The summed E-state index contributed by atoms with van der Waals surface area (Å²) in [6.45, 7) is 4.54. The molecule has 0 spiro atoms. The van der Waals surface area contributed by atoms with Gasteiger partial charge in [0.25, 0.3) is 5.91 Å². The van der Waals surface area contributed by atoms with E-state index < -0.39 is 0 Å². The molecule has 1 heterocycles. The zero-order valence-electron chi connectivity index (χ0n) is 10.3. The maximum absolute atomic E-state index is 12.2. The predicted molar refractivity (Wildman–Crippen MR) is 62.7 cm³/mol. The second-order valence-electron chi connectivity index (χ2n) is 3.73. The number of rotatable bonds is 6. The molecule has 2 N–H and O–H groups in total. The zero-order valence-corrected chi connectivity index (χ0v) is 10.3. The molecule has 6 heteroatoms. The van der Waals surface area contributed by atoms with Crippen molar-refractivity contribution < 1.29 is 15.0 Å². The minimum absolute atomic E-state index is 0.120. The number of amides is 1. The molecule has 0 bridgehead atoms. The van der Waals surface area contributed by atoms with Crippen molar-refractivity contribution in [2.75, 3.05) is 26.3 Å². The highest BCUT2D eigenvalue weighted by Crippen LogP contribution is 2.07. The third-order valence-corrected chi connectivity index (χ3v) is 2.45.